The molecule has 3 rings (SSSR count). The minimum atomic E-state index is -1.10. The Morgan fingerprint density at radius 1 is 1.37 bits per heavy atom. The van der Waals surface area contributed by atoms with Gasteiger partial charge in [-0.1, -0.05) is 0 Å². The summed E-state index contributed by atoms with van der Waals surface area (Å²) in [7, 11) is 0. The monoisotopic (exact) mass is 264 g/mol. The number of aromatic carboxylic acids is 1. The number of hydrogen-bond acceptors (Lipinski definition) is 3. The van der Waals surface area contributed by atoms with Crippen LogP contribution < -0.4 is 5.32 Å². The van der Waals surface area contributed by atoms with Gasteiger partial charge >= 0.3 is 5.97 Å². The largest absolute Gasteiger partial charge is 0.478 e. The topological polar surface area (TPSA) is 52.6 Å². The second kappa shape index (κ2) is 4.81. The fourth-order valence-corrected chi connectivity index (χ4v) is 2.72. The molecule has 2 fully saturated rings. The molecule has 0 radical (unpaired) electrons. The minimum absolute atomic E-state index is 0.00451. The average molecular weight is 264 g/mol. The lowest BCUT2D eigenvalue weighted by Crippen LogP contribution is -2.28. The highest BCUT2D eigenvalue weighted by atomic mass is 19.1. The Morgan fingerprint density at radius 2 is 2.16 bits per heavy atom. The Morgan fingerprint density at radius 3 is 2.84 bits per heavy atom. The van der Waals surface area contributed by atoms with Crippen LogP contribution in [-0.4, -0.2) is 41.1 Å². The Hall–Kier alpha value is -1.62. The van der Waals surface area contributed by atoms with E-state index in [0.29, 0.717) is 5.69 Å². The fourth-order valence-electron chi connectivity index (χ4n) is 2.72. The van der Waals surface area contributed by atoms with Crippen molar-refractivity contribution in [2.45, 2.75) is 31.3 Å². The third-order valence-electron chi connectivity index (χ3n) is 3.85. The van der Waals surface area contributed by atoms with Crippen LogP contribution in [0.1, 0.15) is 29.6 Å². The van der Waals surface area contributed by atoms with Crippen molar-refractivity contribution < 1.29 is 14.3 Å². The van der Waals surface area contributed by atoms with Gasteiger partial charge in [0, 0.05) is 30.9 Å². The molecular formula is C14H17FN2O2. The number of rotatable bonds is 4. The Kier molecular flexibility index (Phi) is 3.14. The summed E-state index contributed by atoms with van der Waals surface area (Å²) in [5.41, 5.74) is 0.515. The van der Waals surface area contributed by atoms with Crippen molar-refractivity contribution in [2.75, 3.05) is 18.4 Å². The van der Waals surface area contributed by atoms with E-state index in [0.717, 1.165) is 31.6 Å². The number of hydrogen-bond donors (Lipinski definition) is 2. The number of carboxylic acid groups (broad SMARTS) is 1. The summed E-state index contributed by atoms with van der Waals surface area (Å²) in [6.07, 6.45) is 3.57. The van der Waals surface area contributed by atoms with E-state index in [4.69, 9.17) is 5.11 Å². The van der Waals surface area contributed by atoms with E-state index in [1.807, 2.05) is 0 Å². The lowest BCUT2D eigenvalue weighted by atomic mass is 10.1. The number of likely N-dealkylation sites (tertiary alicyclic amines) is 1. The molecule has 1 saturated carbocycles. The van der Waals surface area contributed by atoms with Gasteiger partial charge in [0.1, 0.15) is 5.82 Å². The first-order valence-corrected chi connectivity index (χ1v) is 6.67. The summed E-state index contributed by atoms with van der Waals surface area (Å²) in [6, 6.07) is 4.86. The fraction of sp³-hybridized carbons (Fsp3) is 0.500. The van der Waals surface area contributed by atoms with E-state index < -0.39 is 11.8 Å². The molecule has 4 nitrogen and oxygen atoms in total. The zero-order valence-electron chi connectivity index (χ0n) is 10.6. The van der Waals surface area contributed by atoms with Crippen molar-refractivity contribution in [1.82, 2.24) is 4.90 Å². The third-order valence-corrected chi connectivity index (χ3v) is 3.85. The summed E-state index contributed by atoms with van der Waals surface area (Å²) < 4.78 is 13.1. The molecule has 1 aliphatic heterocycles. The van der Waals surface area contributed by atoms with Crippen LogP contribution in [0.2, 0.25) is 0 Å². The molecule has 5 heteroatoms. The van der Waals surface area contributed by atoms with Crippen LogP contribution in [-0.2, 0) is 0 Å². The van der Waals surface area contributed by atoms with E-state index in [9.17, 15) is 9.18 Å². The maximum absolute atomic E-state index is 13.1. The Balaban J connectivity index is 1.71. The highest BCUT2D eigenvalue weighted by Crippen LogP contribution is 2.31. The SMILES string of the molecule is O=C(O)c1cc(F)ccc1NC1CCN(C2CC2)C1. The zero-order chi connectivity index (χ0) is 13.4. The minimum Gasteiger partial charge on any atom is -0.478 e. The van der Waals surface area contributed by atoms with Gasteiger partial charge in [0.2, 0.25) is 0 Å². The molecule has 0 aromatic heterocycles. The molecule has 1 unspecified atom stereocenters. The summed E-state index contributed by atoms with van der Waals surface area (Å²) in [5.74, 6) is -1.62. The number of carboxylic acids is 1. The second-order valence-corrected chi connectivity index (χ2v) is 5.35. The molecule has 1 atom stereocenters. The van der Waals surface area contributed by atoms with Crippen LogP contribution in [0.15, 0.2) is 18.2 Å². The smallest absolute Gasteiger partial charge is 0.337 e. The first-order valence-electron chi connectivity index (χ1n) is 6.67. The standard InChI is InChI=1S/C14H17FN2O2/c15-9-1-4-13(12(7-9)14(18)19)16-10-5-6-17(8-10)11-2-3-11/h1,4,7,10-11,16H,2-3,5-6,8H2,(H,18,19). The van der Waals surface area contributed by atoms with E-state index in [1.165, 1.54) is 25.0 Å². The number of nitrogens with zero attached hydrogens (tertiary/aromatic N) is 1. The van der Waals surface area contributed by atoms with Gasteiger partial charge in [0.25, 0.3) is 0 Å². The predicted molar refractivity (Wildman–Crippen MR) is 70.0 cm³/mol. The number of anilines is 1. The molecule has 0 spiro atoms. The van der Waals surface area contributed by atoms with Crippen molar-refractivity contribution in [1.29, 1.82) is 0 Å². The van der Waals surface area contributed by atoms with E-state index >= 15 is 0 Å². The zero-order valence-corrected chi connectivity index (χ0v) is 10.6. The quantitative estimate of drug-likeness (QED) is 0.875. The third kappa shape index (κ3) is 2.71. The maximum Gasteiger partial charge on any atom is 0.337 e. The molecule has 2 N–H and O–H groups in total. The Labute approximate surface area is 111 Å². The van der Waals surface area contributed by atoms with Crippen LogP contribution in [0.25, 0.3) is 0 Å². The number of nitrogens with one attached hydrogen (secondary N) is 1. The molecule has 1 aliphatic carbocycles. The molecule has 0 bridgehead atoms. The van der Waals surface area contributed by atoms with Gasteiger partial charge in [-0.2, -0.15) is 0 Å². The van der Waals surface area contributed by atoms with Crippen molar-refractivity contribution in [2.24, 2.45) is 0 Å². The van der Waals surface area contributed by atoms with Crippen LogP contribution in [0.3, 0.4) is 0 Å². The summed E-state index contributed by atoms with van der Waals surface area (Å²) >= 11 is 0. The van der Waals surface area contributed by atoms with Crippen molar-refractivity contribution in [3.8, 4) is 0 Å². The van der Waals surface area contributed by atoms with Gasteiger partial charge in [-0.25, -0.2) is 9.18 Å². The normalized spacial score (nSPS) is 23.5. The number of benzene rings is 1. The average Bonchev–Trinajstić information content (AvgIpc) is 3.12. The molecule has 0 amide bonds. The van der Waals surface area contributed by atoms with Gasteiger partial charge in [-0.3, -0.25) is 4.90 Å². The molecule has 1 saturated heterocycles. The van der Waals surface area contributed by atoms with Crippen molar-refractivity contribution in [3.63, 3.8) is 0 Å². The van der Waals surface area contributed by atoms with Gasteiger partial charge in [0.15, 0.2) is 0 Å². The second-order valence-electron chi connectivity index (χ2n) is 5.35. The summed E-state index contributed by atoms with van der Waals surface area (Å²) in [6.45, 7) is 2.01. The molecule has 19 heavy (non-hydrogen) atoms. The van der Waals surface area contributed by atoms with Gasteiger partial charge in [0.05, 0.1) is 5.56 Å². The first-order chi connectivity index (χ1) is 9.13. The van der Waals surface area contributed by atoms with Gasteiger partial charge in [-0.05, 0) is 37.5 Å². The molecule has 2 aliphatic rings. The highest BCUT2D eigenvalue weighted by Gasteiger charge is 2.34. The lowest BCUT2D eigenvalue weighted by Gasteiger charge is -2.17. The lowest BCUT2D eigenvalue weighted by molar-refractivity contribution is 0.0697. The molecular weight excluding hydrogens is 247 g/mol. The first kappa shape index (κ1) is 12.4. The predicted octanol–water partition coefficient (Wildman–Crippen LogP) is 2.17. The van der Waals surface area contributed by atoms with Crippen LogP contribution in [0, 0.1) is 5.82 Å². The van der Waals surface area contributed by atoms with E-state index in [-0.39, 0.29) is 11.6 Å². The van der Waals surface area contributed by atoms with Crippen molar-refractivity contribution in [3.05, 3.63) is 29.6 Å². The molecule has 1 aromatic rings. The number of halogens is 1. The van der Waals surface area contributed by atoms with Gasteiger partial charge < -0.3 is 10.4 Å². The van der Waals surface area contributed by atoms with E-state index in [2.05, 4.69) is 10.2 Å². The number of carbonyl (C=O) groups is 1. The Bertz CT molecular complexity index is 502. The van der Waals surface area contributed by atoms with Gasteiger partial charge in [-0.15, -0.1) is 0 Å². The van der Waals surface area contributed by atoms with Crippen LogP contribution >= 0.6 is 0 Å². The summed E-state index contributed by atoms with van der Waals surface area (Å²) in [4.78, 5) is 13.6. The molecule has 102 valence electrons. The van der Waals surface area contributed by atoms with Crippen LogP contribution in [0.4, 0.5) is 10.1 Å². The molecule has 1 aromatic carbocycles. The van der Waals surface area contributed by atoms with Crippen molar-refractivity contribution >= 4 is 11.7 Å². The molecule has 1 heterocycles. The summed E-state index contributed by atoms with van der Waals surface area (Å²) in [5, 5.41) is 12.3. The van der Waals surface area contributed by atoms with E-state index in [1.54, 1.807) is 0 Å². The van der Waals surface area contributed by atoms with Crippen LogP contribution in [0.5, 0.6) is 0 Å². The maximum atomic E-state index is 13.1. The highest BCUT2D eigenvalue weighted by molar-refractivity contribution is 5.94.